The number of hydrogen-bond donors (Lipinski definition) is 3. The number of pyridine rings is 1. The Labute approximate surface area is 200 Å². The molecule has 0 radical (unpaired) electrons. The van der Waals surface area contributed by atoms with Crippen LogP contribution in [-0.2, 0) is 25.7 Å². The summed E-state index contributed by atoms with van der Waals surface area (Å²) in [6, 6.07) is 0.216. The first-order chi connectivity index (χ1) is 16.1. The number of nitrogens with one attached hydrogen (secondary N) is 2. The molecule has 1 rings (SSSR count). The molecule has 0 unspecified atom stereocenters. The molecule has 1 aromatic heterocycles. The zero-order valence-electron chi connectivity index (χ0n) is 20.5. The summed E-state index contributed by atoms with van der Waals surface area (Å²) < 4.78 is 6.00. The molecule has 10 nitrogen and oxygen atoms in total. The van der Waals surface area contributed by atoms with Gasteiger partial charge in [0.25, 0.3) is 5.91 Å². The highest BCUT2D eigenvalue weighted by atomic mass is 16.5. The van der Waals surface area contributed by atoms with Gasteiger partial charge in [-0.15, -0.1) is 0 Å². The van der Waals surface area contributed by atoms with Crippen molar-refractivity contribution in [3.8, 4) is 5.75 Å². The van der Waals surface area contributed by atoms with Crippen LogP contribution in [-0.4, -0.2) is 52.9 Å². The molecule has 0 saturated carbocycles. The average molecular weight is 480 g/mol. The molecule has 0 aliphatic heterocycles. The normalized spacial score (nSPS) is 11.7. The van der Waals surface area contributed by atoms with E-state index in [1.165, 1.54) is 23.9 Å². The Hall–Kier alpha value is -3.17. The summed E-state index contributed by atoms with van der Waals surface area (Å²) >= 11 is 0. The quantitative estimate of drug-likeness (QED) is 0.257. The number of aromatic nitrogens is 1. The van der Waals surface area contributed by atoms with Crippen LogP contribution in [0.3, 0.4) is 0 Å². The van der Waals surface area contributed by atoms with E-state index in [-0.39, 0.29) is 43.2 Å². The SMILES string of the molecule is CCCCCCn1ccc(=O)c(O)c1C(=O)N[C@@H](CC(C)C)C(=O)NCC(=O)CCC(=O)OC. The van der Waals surface area contributed by atoms with E-state index in [1.54, 1.807) is 0 Å². The lowest BCUT2D eigenvalue weighted by atomic mass is 10.0. The van der Waals surface area contributed by atoms with E-state index >= 15 is 0 Å². The number of unbranched alkanes of at least 4 members (excludes halogenated alkanes) is 3. The predicted octanol–water partition coefficient (Wildman–Crippen LogP) is 1.92. The van der Waals surface area contributed by atoms with Crippen LogP contribution >= 0.6 is 0 Å². The minimum Gasteiger partial charge on any atom is -0.503 e. The van der Waals surface area contributed by atoms with Gasteiger partial charge < -0.3 is 25.0 Å². The summed E-state index contributed by atoms with van der Waals surface area (Å²) in [5, 5.41) is 15.4. The number of hydrogen-bond acceptors (Lipinski definition) is 7. The van der Waals surface area contributed by atoms with Crippen molar-refractivity contribution in [2.45, 2.75) is 78.3 Å². The molecule has 1 aromatic rings. The van der Waals surface area contributed by atoms with Gasteiger partial charge >= 0.3 is 5.97 Å². The maximum atomic E-state index is 13.0. The summed E-state index contributed by atoms with van der Waals surface area (Å²) in [6.07, 6.45) is 5.36. The van der Waals surface area contributed by atoms with Crippen LogP contribution in [0.5, 0.6) is 5.75 Å². The molecular weight excluding hydrogens is 442 g/mol. The second kappa shape index (κ2) is 14.9. The summed E-state index contributed by atoms with van der Waals surface area (Å²) in [5.74, 6) is -2.82. The van der Waals surface area contributed by atoms with Crippen LogP contribution in [0.2, 0.25) is 0 Å². The third kappa shape index (κ3) is 9.76. The molecule has 0 bridgehead atoms. The number of Topliss-reactive ketones (excluding diaryl/α,β-unsaturated/α-hetero) is 1. The summed E-state index contributed by atoms with van der Waals surface area (Å²) in [5.41, 5.74) is -0.879. The topological polar surface area (TPSA) is 144 Å². The van der Waals surface area contributed by atoms with Gasteiger partial charge in [0, 0.05) is 25.2 Å². The molecule has 34 heavy (non-hydrogen) atoms. The fourth-order valence-electron chi connectivity index (χ4n) is 3.37. The Balaban J connectivity index is 2.93. The number of rotatable bonds is 15. The number of ether oxygens (including phenoxy) is 1. The average Bonchev–Trinajstić information content (AvgIpc) is 2.79. The van der Waals surface area contributed by atoms with E-state index in [2.05, 4.69) is 22.3 Å². The van der Waals surface area contributed by atoms with E-state index in [0.29, 0.717) is 6.54 Å². The largest absolute Gasteiger partial charge is 0.503 e. The predicted molar refractivity (Wildman–Crippen MR) is 126 cm³/mol. The van der Waals surface area contributed by atoms with Crippen LogP contribution < -0.4 is 16.1 Å². The van der Waals surface area contributed by atoms with Gasteiger partial charge in [0.15, 0.2) is 17.2 Å². The zero-order chi connectivity index (χ0) is 25.7. The molecular formula is C24H37N3O7. The molecule has 10 heteroatoms. The van der Waals surface area contributed by atoms with Crippen LogP contribution in [0.15, 0.2) is 17.1 Å². The van der Waals surface area contributed by atoms with Crippen LogP contribution in [0.25, 0.3) is 0 Å². The van der Waals surface area contributed by atoms with Gasteiger partial charge in [-0.05, 0) is 18.8 Å². The number of carbonyl (C=O) groups is 4. The standard InChI is InChI=1S/C24H37N3O7/c1-5-6-7-8-12-27-13-11-19(29)22(31)21(27)24(33)26-18(14-16(2)3)23(32)25-15-17(28)9-10-20(30)34-4/h11,13,16,18,31H,5-10,12,14-15H2,1-4H3,(H,25,32)(H,26,33)/t18-/m0/s1. The van der Waals surface area contributed by atoms with Crippen molar-refractivity contribution in [2.24, 2.45) is 5.92 Å². The Kier molecular flexibility index (Phi) is 12.6. The third-order valence-corrected chi connectivity index (χ3v) is 5.24. The van der Waals surface area contributed by atoms with Gasteiger partial charge in [-0.25, -0.2) is 0 Å². The maximum absolute atomic E-state index is 13.0. The van der Waals surface area contributed by atoms with Crippen molar-refractivity contribution in [2.75, 3.05) is 13.7 Å². The van der Waals surface area contributed by atoms with Gasteiger partial charge in [-0.2, -0.15) is 0 Å². The molecule has 190 valence electrons. The third-order valence-electron chi connectivity index (χ3n) is 5.24. The van der Waals surface area contributed by atoms with Gasteiger partial charge in [-0.3, -0.25) is 24.0 Å². The Morgan fingerprint density at radius 3 is 2.44 bits per heavy atom. The molecule has 0 spiro atoms. The number of nitrogens with zero attached hydrogens (tertiary/aromatic N) is 1. The Morgan fingerprint density at radius 1 is 1.12 bits per heavy atom. The minimum absolute atomic E-state index is 0.0340. The number of aromatic hydroxyl groups is 1. The fraction of sp³-hybridized carbons (Fsp3) is 0.625. The van der Waals surface area contributed by atoms with Crippen molar-refractivity contribution in [1.82, 2.24) is 15.2 Å². The smallest absolute Gasteiger partial charge is 0.305 e. The lowest BCUT2D eigenvalue weighted by molar-refractivity contribution is -0.141. The second-order valence-corrected chi connectivity index (χ2v) is 8.62. The highest BCUT2D eigenvalue weighted by Gasteiger charge is 2.26. The zero-order valence-corrected chi connectivity index (χ0v) is 20.5. The van der Waals surface area contributed by atoms with E-state index in [4.69, 9.17) is 0 Å². The van der Waals surface area contributed by atoms with E-state index in [1.807, 2.05) is 13.8 Å². The molecule has 2 amide bonds. The number of ketones is 1. The Bertz CT molecular complexity index is 908. The highest BCUT2D eigenvalue weighted by molar-refractivity contribution is 5.98. The lowest BCUT2D eigenvalue weighted by Crippen LogP contribution is -2.49. The van der Waals surface area contributed by atoms with Crippen molar-refractivity contribution in [1.29, 1.82) is 0 Å². The molecule has 3 N–H and O–H groups in total. The lowest BCUT2D eigenvalue weighted by Gasteiger charge is -2.21. The van der Waals surface area contributed by atoms with E-state index in [0.717, 1.165) is 25.7 Å². The summed E-state index contributed by atoms with van der Waals surface area (Å²) in [6.45, 7) is 5.97. The number of esters is 1. The van der Waals surface area contributed by atoms with Gasteiger partial charge in [0.2, 0.25) is 11.3 Å². The first-order valence-electron chi connectivity index (χ1n) is 11.7. The van der Waals surface area contributed by atoms with Gasteiger partial charge in [-0.1, -0.05) is 40.0 Å². The van der Waals surface area contributed by atoms with Crippen LogP contribution in [0.1, 0.15) is 76.2 Å². The van der Waals surface area contributed by atoms with Crippen molar-refractivity contribution in [3.05, 3.63) is 28.2 Å². The molecule has 0 aliphatic carbocycles. The first-order valence-corrected chi connectivity index (χ1v) is 11.7. The highest BCUT2D eigenvalue weighted by Crippen LogP contribution is 2.15. The van der Waals surface area contributed by atoms with E-state index < -0.39 is 35.0 Å². The number of methoxy groups -OCH3 is 1. The molecule has 1 heterocycles. The molecule has 0 aliphatic rings. The summed E-state index contributed by atoms with van der Waals surface area (Å²) in [7, 11) is 1.23. The van der Waals surface area contributed by atoms with Gasteiger partial charge in [0.05, 0.1) is 20.1 Å². The number of aryl methyl sites for hydroxylation is 1. The van der Waals surface area contributed by atoms with E-state index in [9.17, 15) is 29.1 Å². The van der Waals surface area contributed by atoms with Crippen molar-refractivity contribution >= 4 is 23.6 Å². The minimum atomic E-state index is -0.982. The monoisotopic (exact) mass is 479 g/mol. The van der Waals surface area contributed by atoms with Crippen LogP contribution in [0, 0.1) is 5.92 Å². The summed E-state index contributed by atoms with van der Waals surface area (Å²) in [4.78, 5) is 60.9. The van der Waals surface area contributed by atoms with Gasteiger partial charge in [0.1, 0.15) is 6.04 Å². The molecule has 0 fully saturated rings. The van der Waals surface area contributed by atoms with Crippen molar-refractivity contribution in [3.63, 3.8) is 0 Å². The first kappa shape index (κ1) is 28.9. The second-order valence-electron chi connectivity index (χ2n) is 8.62. The van der Waals surface area contributed by atoms with Crippen LogP contribution in [0.4, 0.5) is 0 Å². The Morgan fingerprint density at radius 2 is 1.82 bits per heavy atom. The number of carbonyl (C=O) groups excluding carboxylic acids is 4. The fourth-order valence-corrected chi connectivity index (χ4v) is 3.37. The van der Waals surface area contributed by atoms with Crippen molar-refractivity contribution < 1.29 is 29.0 Å². The molecule has 0 aromatic carbocycles. The maximum Gasteiger partial charge on any atom is 0.305 e. The molecule has 0 saturated heterocycles. The number of amides is 2. The molecule has 1 atom stereocenters.